The molecule has 4 heteroatoms. The maximum atomic E-state index is 10.2. The van der Waals surface area contributed by atoms with Gasteiger partial charge in [0.05, 0.1) is 12.0 Å². The normalized spacial score (nSPS) is 15.3. The minimum atomic E-state index is -1.12. The summed E-state index contributed by atoms with van der Waals surface area (Å²) < 4.78 is 0. The van der Waals surface area contributed by atoms with Gasteiger partial charge in [-0.15, -0.1) is 0 Å². The third kappa shape index (κ3) is 2.03. The number of nitrogens with two attached hydrogens (primary N) is 1. The highest BCUT2D eigenvalue weighted by molar-refractivity contribution is 5.73. The van der Waals surface area contributed by atoms with Crippen LogP contribution in [0.3, 0.4) is 0 Å². The molecule has 0 saturated carbocycles. The summed E-state index contributed by atoms with van der Waals surface area (Å²) in [5.74, 6) is -1.69. The van der Waals surface area contributed by atoms with Gasteiger partial charge in [-0.05, 0) is 6.42 Å². The Bertz CT molecular complexity index is 162. The van der Waals surface area contributed by atoms with Crippen LogP contribution in [0.4, 0.5) is 0 Å². The number of rotatable bonds is 3. The fourth-order valence-corrected chi connectivity index (χ4v) is 0.598. The second-order valence-electron chi connectivity index (χ2n) is 2.01. The van der Waals surface area contributed by atoms with Crippen LogP contribution in [-0.2, 0) is 4.79 Å². The quantitative estimate of drug-likeness (QED) is 0.578. The maximum Gasteiger partial charge on any atom is 0.321 e. The number of aliphatic carboxylic acids is 1. The summed E-state index contributed by atoms with van der Waals surface area (Å²) in [6.07, 6.45) is 0.476. The van der Waals surface area contributed by atoms with Crippen LogP contribution in [0, 0.1) is 17.2 Å². The summed E-state index contributed by atoms with van der Waals surface area (Å²) in [7, 11) is 0. The van der Waals surface area contributed by atoms with E-state index in [-0.39, 0.29) is 0 Å². The monoisotopic (exact) mass is 142 g/mol. The fourth-order valence-electron chi connectivity index (χ4n) is 0.598. The maximum absolute atomic E-state index is 10.2. The molecule has 0 aromatic rings. The molecule has 0 aliphatic heterocycles. The zero-order chi connectivity index (χ0) is 8.15. The van der Waals surface area contributed by atoms with Crippen molar-refractivity contribution in [3.63, 3.8) is 0 Å². The van der Waals surface area contributed by atoms with Crippen molar-refractivity contribution in [1.29, 1.82) is 5.26 Å². The highest BCUT2D eigenvalue weighted by atomic mass is 16.4. The lowest BCUT2D eigenvalue weighted by Crippen LogP contribution is -2.36. The van der Waals surface area contributed by atoms with Crippen LogP contribution in [0.1, 0.15) is 13.3 Å². The number of carbonyl (C=O) groups is 1. The fraction of sp³-hybridized carbons (Fsp3) is 0.667. The highest BCUT2D eigenvalue weighted by Gasteiger charge is 2.21. The summed E-state index contributed by atoms with van der Waals surface area (Å²) >= 11 is 0. The Hall–Kier alpha value is -1.08. The van der Waals surface area contributed by atoms with Crippen LogP contribution >= 0.6 is 0 Å². The number of nitrogens with zero attached hydrogens (tertiary/aromatic N) is 1. The molecule has 0 aromatic heterocycles. The van der Waals surface area contributed by atoms with E-state index in [1.54, 1.807) is 6.92 Å². The summed E-state index contributed by atoms with van der Waals surface area (Å²) in [5.41, 5.74) is 5.16. The second kappa shape index (κ2) is 3.85. The highest BCUT2D eigenvalue weighted by Crippen LogP contribution is 2.04. The van der Waals surface area contributed by atoms with Gasteiger partial charge in [-0.2, -0.15) is 5.26 Å². The van der Waals surface area contributed by atoms with Crippen LogP contribution in [-0.4, -0.2) is 17.1 Å². The predicted octanol–water partition coefficient (Wildman–Crippen LogP) is -0.0519. The van der Waals surface area contributed by atoms with E-state index in [1.165, 1.54) is 0 Å². The van der Waals surface area contributed by atoms with Gasteiger partial charge in [0.25, 0.3) is 0 Å². The largest absolute Gasteiger partial charge is 0.480 e. The van der Waals surface area contributed by atoms with Gasteiger partial charge in [0.15, 0.2) is 0 Å². The lowest BCUT2D eigenvalue weighted by atomic mass is 10.00. The molecule has 0 radical (unpaired) electrons. The summed E-state index contributed by atoms with van der Waals surface area (Å²) in [6.45, 7) is 1.73. The van der Waals surface area contributed by atoms with Crippen molar-refractivity contribution < 1.29 is 9.90 Å². The van der Waals surface area contributed by atoms with Crippen LogP contribution in [0.5, 0.6) is 0 Å². The Kier molecular flexibility index (Phi) is 3.44. The third-order valence-electron chi connectivity index (χ3n) is 1.32. The standard InChI is InChI=1S/C6H10N2O2/c1-2-4(3-7)5(8)6(9)10/h4-5H,2,8H2,1H3,(H,9,10)/t4?,5-/m0/s1. The minimum Gasteiger partial charge on any atom is -0.480 e. The number of carboxylic acids is 1. The Labute approximate surface area is 59.3 Å². The first-order chi connectivity index (χ1) is 4.63. The molecule has 0 heterocycles. The average molecular weight is 142 g/mol. The van der Waals surface area contributed by atoms with Gasteiger partial charge in [-0.3, -0.25) is 4.79 Å². The Morgan fingerprint density at radius 1 is 1.90 bits per heavy atom. The van der Waals surface area contributed by atoms with E-state index < -0.39 is 17.9 Å². The first kappa shape index (κ1) is 8.92. The molecule has 0 saturated heterocycles. The zero-order valence-electron chi connectivity index (χ0n) is 5.74. The van der Waals surface area contributed by atoms with Crippen molar-refractivity contribution in [1.82, 2.24) is 0 Å². The van der Waals surface area contributed by atoms with E-state index >= 15 is 0 Å². The van der Waals surface area contributed by atoms with Crippen LogP contribution in [0.2, 0.25) is 0 Å². The molecule has 1 unspecified atom stereocenters. The molecule has 0 aliphatic carbocycles. The first-order valence-electron chi connectivity index (χ1n) is 3.01. The van der Waals surface area contributed by atoms with Crippen LogP contribution in [0.15, 0.2) is 0 Å². The lowest BCUT2D eigenvalue weighted by Gasteiger charge is -2.09. The number of hydrogen-bond donors (Lipinski definition) is 2. The zero-order valence-corrected chi connectivity index (χ0v) is 5.74. The minimum absolute atomic E-state index is 0.476. The van der Waals surface area contributed by atoms with Gasteiger partial charge in [-0.25, -0.2) is 0 Å². The van der Waals surface area contributed by atoms with Crippen molar-refractivity contribution in [2.45, 2.75) is 19.4 Å². The molecular formula is C6H10N2O2. The van der Waals surface area contributed by atoms with Gasteiger partial charge in [-0.1, -0.05) is 6.92 Å². The number of carboxylic acid groups (broad SMARTS) is 1. The first-order valence-corrected chi connectivity index (χ1v) is 3.01. The molecule has 0 bridgehead atoms. The Balaban J connectivity index is 4.05. The smallest absolute Gasteiger partial charge is 0.321 e. The predicted molar refractivity (Wildman–Crippen MR) is 35.0 cm³/mol. The van der Waals surface area contributed by atoms with Gasteiger partial charge in [0, 0.05) is 0 Å². The van der Waals surface area contributed by atoms with Crippen LogP contribution in [0.25, 0.3) is 0 Å². The van der Waals surface area contributed by atoms with Crippen molar-refractivity contribution in [2.75, 3.05) is 0 Å². The van der Waals surface area contributed by atoms with Crippen LogP contribution < -0.4 is 5.73 Å². The number of hydrogen-bond acceptors (Lipinski definition) is 3. The van der Waals surface area contributed by atoms with E-state index in [0.717, 1.165) is 0 Å². The second-order valence-corrected chi connectivity index (χ2v) is 2.01. The van der Waals surface area contributed by atoms with Crippen molar-refractivity contribution >= 4 is 5.97 Å². The summed E-state index contributed by atoms with van der Waals surface area (Å²) in [4.78, 5) is 10.2. The van der Waals surface area contributed by atoms with E-state index in [1.807, 2.05) is 6.07 Å². The summed E-state index contributed by atoms with van der Waals surface area (Å²) in [5, 5.41) is 16.7. The summed E-state index contributed by atoms with van der Waals surface area (Å²) in [6, 6.07) is 0.781. The SMILES string of the molecule is CCC(C#N)[C@H](N)C(=O)O. The van der Waals surface area contributed by atoms with Gasteiger partial charge < -0.3 is 10.8 Å². The molecule has 0 spiro atoms. The van der Waals surface area contributed by atoms with Gasteiger partial charge >= 0.3 is 5.97 Å². The molecule has 4 nitrogen and oxygen atoms in total. The molecule has 10 heavy (non-hydrogen) atoms. The topological polar surface area (TPSA) is 87.1 Å². The Morgan fingerprint density at radius 2 is 2.40 bits per heavy atom. The van der Waals surface area contributed by atoms with Gasteiger partial charge in [0.1, 0.15) is 6.04 Å². The van der Waals surface area contributed by atoms with E-state index in [0.29, 0.717) is 6.42 Å². The van der Waals surface area contributed by atoms with Crippen molar-refractivity contribution in [3.8, 4) is 6.07 Å². The molecule has 0 aliphatic rings. The molecule has 0 aromatic carbocycles. The molecule has 0 fully saturated rings. The van der Waals surface area contributed by atoms with E-state index in [4.69, 9.17) is 16.1 Å². The molecule has 56 valence electrons. The molecular weight excluding hydrogens is 132 g/mol. The van der Waals surface area contributed by atoms with Crippen molar-refractivity contribution in [3.05, 3.63) is 0 Å². The van der Waals surface area contributed by atoms with E-state index in [9.17, 15) is 4.79 Å². The molecule has 3 N–H and O–H groups in total. The van der Waals surface area contributed by atoms with Crippen molar-refractivity contribution in [2.24, 2.45) is 11.7 Å². The number of nitriles is 1. The molecule has 0 amide bonds. The Morgan fingerprint density at radius 3 is 2.50 bits per heavy atom. The van der Waals surface area contributed by atoms with Gasteiger partial charge in [0.2, 0.25) is 0 Å². The third-order valence-corrected chi connectivity index (χ3v) is 1.32. The molecule has 0 rings (SSSR count). The van der Waals surface area contributed by atoms with E-state index in [2.05, 4.69) is 0 Å². The lowest BCUT2D eigenvalue weighted by molar-refractivity contribution is -0.139. The molecule has 2 atom stereocenters. The average Bonchev–Trinajstić information content (AvgIpc) is 1.90.